The van der Waals surface area contributed by atoms with Crippen LogP contribution < -0.4 is 0 Å². The van der Waals surface area contributed by atoms with Crippen molar-refractivity contribution >= 4 is 11.8 Å². The number of hydroxylamine groups is 2. The van der Waals surface area contributed by atoms with Crippen LogP contribution in [0.5, 0.6) is 0 Å². The molecule has 1 aromatic rings. The van der Waals surface area contributed by atoms with E-state index in [-0.39, 0.29) is 36.7 Å². The zero-order valence-electron chi connectivity index (χ0n) is 23.6. The Morgan fingerprint density at radius 3 is 2.75 bits per heavy atom. The molecule has 0 unspecified atom stereocenters. The number of aliphatic hydroxyl groups excluding tert-OH is 1. The number of furan rings is 1. The van der Waals surface area contributed by atoms with Crippen molar-refractivity contribution in [2.75, 3.05) is 13.2 Å². The van der Waals surface area contributed by atoms with E-state index in [4.69, 9.17) is 14.0 Å². The molecule has 40 heavy (non-hydrogen) atoms. The van der Waals surface area contributed by atoms with E-state index in [2.05, 4.69) is 0 Å². The third-order valence-corrected chi connectivity index (χ3v) is 11.4. The Hall–Kier alpha value is -2.36. The lowest BCUT2D eigenvalue weighted by molar-refractivity contribution is -0.295. The SMILES string of the molecule is CCCCOC(=O)[C@@]12ON(Cc3ccoc3)C[C@@H]1C[C@@]1(C)[C@@H]3C[C@H](F)C4=CC(=O)C=C[C@]4(C)[C@@]3(F)[C@@H](O)C[C@@]12C. The average Bonchev–Trinajstić information content (AvgIpc) is 3.58. The number of hydrogen-bond donors (Lipinski definition) is 1. The molecule has 7 nitrogen and oxygen atoms in total. The topological polar surface area (TPSA) is 89.2 Å². The molecule has 4 fully saturated rings. The summed E-state index contributed by atoms with van der Waals surface area (Å²) < 4.78 is 44.8. The van der Waals surface area contributed by atoms with E-state index < -0.39 is 51.7 Å². The number of fused-ring (bicyclic) bond motifs is 7. The second-order valence-electron chi connectivity index (χ2n) is 13.2. The molecule has 2 heterocycles. The smallest absolute Gasteiger partial charge is 0.341 e. The van der Waals surface area contributed by atoms with Gasteiger partial charge in [-0.15, -0.1) is 0 Å². The monoisotopic (exact) mass is 559 g/mol. The van der Waals surface area contributed by atoms with E-state index in [1.54, 1.807) is 24.5 Å². The number of alkyl halides is 2. The predicted molar refractivity (Wildman–Crippen MR) is 141 cm³/mol. The van der Waals surface area contributed by atoms with Gasteiger partial charge in [0.2, 0.25) is 0 Å². The Kier molecular flexibility index (Phi) is 6.30. The van der Waals surface area contributed by atoms with E-state index in [0.29, 0.717) is 25.9 Å². The highest BCUT2D eigenvalue weighted by Gasteiger charge is 2.84. The first-order chi connectivity index (χ1) is 18.9. The molecular formula is C31H39F2NO6. The highest BCUT2D eigenvalue weighted by Crippen LogP contribution is 2.77. The summed E-state index contributed by atoms with van der Waals surface area (Å²) in [5, 5.41) is 13.5. The van der Waals surface area contributed by atoms with Crippen molar-refractivity contribution in [3.8, 4) is 0 Å². The number of ketones is 1. The van der Waals surface area contributed by atoms with Gasteiger partial charge in [0.25, 0.3) is 0 Å². The normalized spacial score (nSPS) is 45.9. The molecule has 9 heteroatoms. The number of nitrogens with zero attached hydrogens (tertiary/aromatic N) is 1. The molecule has 0 amide bonds. The van der Waals surface area contributed by atoms with Gasteiger partial charge in [-0.25, -0.2) is 13.6 Å². The van der Waals surface area contributed by atoms with Gasteiger partial charge in [-0.05, 0) is 61.8 Å². The van der Waals surface area contributed by atoms with E-state index in [9.17, 15) is 14.7 Å². The zero-order chi connectivity index (χ0) is 28.7. The van der Waals surface area contributed by atoms with Crippen LogP contribution in [0, 0.1) is 28.1 Å². The van der Waals surface area contributed by atoms with Gasteiger partial charge in [-0.3, -0.25) is 9.63 Å². The van der Waals surface area contributed by atoms with E-state index in [1.165, 1.54) is 18.2 Å². The lowest BCUT2D eigenvalue weighted by atomic mass is 9.40. The van der Waals surface area contributed by atoms with Gasteiger partial charge in [-0.2, -0.15) is 5.06 Å². The fourth-order valence-corrected chi connectivity index (χ4v) is 9.22. The number of halogens is 2. The number of allylic oxidation sites excluding steroid dienone is 4. The van der Waals surface area contributed by atoms with Crippen LogP contribution in [-0.2, 0) is 25.7 Å². The van der Waals surface area contributed by atoms with Crippen molar-refractivity contribution in [2.45, 2.75) is 89.9 Å². The summed E-state index contributed by atoms with van der Waals surface area (Å²) >= 11 is 0. The summed E-state index contributed by atoms with van der Waals surface area (Å²) in [5.74, 6) is -2.17. The van der Waals surface area contributed by atoms with Crippen LogP contribution in [0.3, 0.4) is 0 Å². The molecule has 1 N–H and O–H groups in total. The summed E-state index contributed by atoms with van der Waals surface area (Å²) in [6, 6.07) is 1.83. The van der Waals surface area contributed by atoms with E-state index in [1.807, 2.05) is 26.8 Å². The molecule has 218 valence electrons. The highest BCUT2D eigenvalue weighted by atomic mass is 19.1. The van der Waals surface area contributed by atoms with Crippen LogP contribution in [0.2, 0.25) is 0 Å². The van der Waals surface area contributed by atoms with Crippen LogP contribution in [0.1, 0.15) is 65.4 Å². The molecule has 1 aromatic heterocycles. The minimum absolute atomic E-state index is 0.0724. The Morgan fingerprint density at radius 2 is 2.05 bits per heavy atom. The maximum Gasteiger partial charge on any atom is 0.341 e. The van der Waals surface area contributed by atoms with Crippen molar-refractivity contribution in [3.05, 3.63) is 48.0 Å². The van der Waals surface area contributed by atoms with Crippen molar-refractivity contribution in [2.24, 2.45) is 28.1 Å². The predicted octanol–water partition coefficient (Wildman–Crippen LogP) is 5.04. The van der Waals surface area contributed by atoms with Gasteiger partial charge in [-0.1, -0.05) is 33.3 Å². The Balaban J connectivity index is 1.44. The van der Waals surface area contributed by atoms with Crippen molar-refractivity contribution < 1.29 is 37.5 Å². The third kappa shape index (κ3) is 3.31. The summed E-state index contributed by atoms with van der Waals surface area (Å²) in [4.78, 5) is 32.9. The largest absolute Gasteiger partial charge is 0.472 e. The average molecular weight is 560 g/mol. The van der Waals surface area contributed by atoms with Crippen molar-refractivity contribution in [3.63, 3.8) is 0 Å². The number of rotatable bonds is 6. The number of unbranched alkanes of at least 4 members (excludes halogenated alkanes) is 1. The second kappa shape index (κ2) is 9.07. The molecule has 0 spiro atoms. The molecular weight excluding hydrogens is 520 g/mol. The Labute approximate surface area is 233 Å². The number of carbonyl (C=O) groups is 2. The number of carbonyl (C=O) groups excluding carboxylic acids is 2. The lowest BCUT2D eigenvalue weighted by Gasteiger charge is -2.66. The molecule has 6 rings (SSSR count). The molecule has 3 saturated carbocycles. The van der Waals surface area contributed by atoms with Crippen LogP contribution in [0.4, 0.5) is 8.78 Å². The van der Waals surface area contributed by atoms with Crippen LogP contribution in [0.15, 0.2) is 46.8 Å². The quantitative estimate of drug-likeness (QED) is 0.386. The highest BCUT2D eigenvalue weighted by molar-refractivity contribution is 6.01. The first-order valence-corrected chi connectivity index (χ1v) is 14.5. The maximum absolute atomic E-state index is 17.8. The second-order valence-corrected chi connectivity index (χ2v) is 13.2. The molecule has 0 bridgehead atoms. The van der Waals surface area contributed by atoms with Crippen molar-refractivity contribution in [1.29, 1.82) is 0 Å². The summed E-state index contributed by atoms with van der Waals surface area (Å²) in [5.41, 5.74) is -6.21. The fourth-order valence-electron chi connectivity index (χ4n) is 9.22. The summed E-state index contributed by atoms with van der Waals surface area (Å²) in [6.07, 6.45) is 5.71. The molecule has 1 aliphatic heterocycles. The number of aliphatic hydroxyl groups is 1. The van der Waals surface area contributed by atoms with Gasteiger partial charge < -0.3 is 14.3 Å². The van der Waals surface area contributed by atoms with Gasteiger partial charge in [0.1, 0.15) is 6.17 Å². The van der Waals surface area contributed by atoms with Crippen LogP contribution >= 0.6 is 0 Å². The Bertz CT molecular complexity index is 1260. The van der Waals surface area contributed by atoms with Crippen LogP contribution in [-0.4, -0.2) is 58.6 Å². The van der Waals surface area contributed by atoms with E-state index in [0.717, 1.165) is 12.0 Å². The molecule has 4 aliphatic carbocycles. The van der Waals surface area contributed by atoms with Crippen molar-refractivity contribution in [1.82, 2.24) is 5.06 Å². The third-order valence-electron chi connectivity index (χ3n) is 11.4. The van der Waals surface area contributed by atoms with Gasteiger partial charge >= 0.3 is 5.97 Å². The first-order valence-electron chi connectivity index (χ1n) is 14.5. The first kappa shape index (κ1) is 27.8. The molecule has 1 saturated heterocycles. The minimum Gasteiger partial charge on any atom is -0.472 e. The number of esters is 1. The minimum atomic E-state index is -2.24. The van der Waals surface area contributed by atoms with E-state index >= 15 is 8.78 Å². The maximum atomic E-state index is 17.8. The number of ether oxygens (including phenoxy) is 1. The molecule has 5 aliphatic rings. The van der Waals surface area contributed by atoms with Crippen LogP contribution in [0.25, 0.3) is 0 Å². The summed E-state index contributed by atoms with van der Waals surface area (Å²) in [6.45, 7) is 8.44. The standard InChI is InChI=1S/C31H39F2NO6/c1-5-6-10-39-26(37)31-20(17-34(40-31)16-19-8-11-38-18-19)14-28(3)24-13-23(32)22-12-21(35)7-9-27(22,2)30(24,33)25(36)15-29(28,31)4/h7-9,11-12,18,20,23-25,36H,5-6,10,13-17H2,1-4H3/t20-,23-,24-,25-,27-,28-,29-,30-,31-/m0/s1. The lowest BCUT2D eigenvalue weighted by Crippen LogP contribution is -2.73. The summed E-state index contributed by atoms with van der Waals surface area (Å²) in [7, 11) is 0. The van der Waals surface area contributed by atoms with Gasteiger partial charge in [0.05, 0.1) is 31.8 Å². The van der Waals surface area contributed by atoms with Gasteiger partial charge in [0, 0.05) is 34.8 Å². The molecule has 9 atom stereocenters. The zero-order valence-corrected chi connectivity index (χ0v) is 23.6. The Morgan fingerprint density at radius 1 is 1.27 bits per heavy atom. The molecule has 0 radical (unpaired) electrons. The van der Waals surface area contributed by atoms with Gasteiger partial charge in [0.15, 0.2) is 17.1 Å². The molecule has 0 aromatic carbocycles. The fraction of sp³-hybridized carbons (Fsp3) is 0.677. The number of hydrogen-bond acceptors (Lipinski definition) is 7.